The van der Waals surface area contributed by atoms with Crippen LogP contribution < -0.4 is 9.47 Å². The highest BCUT2D eigenvalue weighted by Crippen LogP contribution is 2.36. The zero-order valence-electron chi connectivity index (χ0n) is 14.6. The molecule has 4 nitrogen and oxygen atoms in total. The van der Waals surface area contributed by atoms with E-state index in [0.29, 0.717) is 22.4 Å². The van der Waals surface area contributed by atoms with Gasteiger partial charge in [-0.3, -0.25) is 9.69 Å². The van der Waals surface area contributed by atoms with Gasteiger partial charge in [-0.1, -0.05) is 30.0 Å². The molecule has 2 fully saturated rings. The molecule has 0 N–H and O–H groups in total. The van der Waals surface area contributed by atoms with Gasteiger partial charge in [0.15, 0.2) is 11.5 Å². The average Bonchev–Trinajstić information content (AvgIpc) is 3.19. The summed E-state index contributed by atoms with van der Waals surface area (Å²) in [7, 11) is 0. The molecule has 1 saturated carbocycles. The van der Waals surface area contributed by atoms with Crippen molar-refractivity contribution in [2.45, 2.75) is 45.6 Å². The first-order valence-electron chi connectivity index (χ1n) is 8.81. The fraction of sp³-hybridized carbons (Fsp3) is 0.474. The lowest BCUT2D eigenvalue weighted by Gasteiger charge is -2.17. The van der Waals surface area contributed by atoms with Crippen molar-refractivity contribution in [3.8, 4) is 11.5 Å². The second-order valence-corrected chi connectivity index (χ2v) is 7.77. The predicted molar refractivity (Wildman–Crippen MR) is 106 cm³/mol. The second-order valence-electron chi connectivity index (χ2n) is 6.09. The molecule has 0 unspecified atom stereocenters. The van der Waals surface area contributed by atoms with E-state index < -0.39 is 0 Å². The number of nitrogens with zero attached hydrogens (tertiary/aromatic N) is 1. The number of thiocarbonyl (C=S) groups is 1. The van der Waals surface area contributed by atoms with Gasteiger partial charge in [0.2, 0.25) is 0 Å². The number of carbonyl (C=O) groups excluding carboxylic acids is 1. The summed E-state index contributed by atoms with van der Waals surface area (Å²) in [6, 6.07) is 5.84. The maximum Gasteiger partial charge on any atom is 0.266 e. The molecule has 1 saturated heterocycles. The minimum atomic E-state index is -0.0262. The van der Waals surface area contributed by atoms with E-state index in [1.165, 1.54) is 24.6 Å². The Kier molecular flexibility index (Phi) is 6.02. The van der Waals surface area contributed by atoms with Crippen molar-refractivity contribution in [3.05, 3.63) is 28.7 Å². The maximum absolute atomic E-state index is 12.4. The van der Waals surface area contributed by atoms with Gasteiger partial charge in [-0.2, -0.15) is 0 Å². The van der Waals surface area contributed by atoms with Crippen molar-refractivity contribution in [2.24, 2.45) is 0 Å². The molecule has 6 heteroatoms. The summed E-state index contributed by atoms with van der Waals surface area (Å²) >= 11 is 6.61. The normalized spacial score (nSPS) is 19.9. The molecule has 2 aliphatic rings. The van der Waals surface area contributed by atoms with Gasteiger partial charge in [0.25, 0.3) is 5.91 Å². The Hall–Kier alpha value is -1.53. The van der Waals surface area contributed by atoms with Crippen molar-refractivity contribution in [2.75, 3.05) is 13.2 Å². The lowest BCUT2D eigenvalue weighted by molar-refractivity contribution is -0.121. The van der Waals surface area contributed by atoms with Gasteiger partial charge in [0.1, 0.15) is 4.32 Å². The molecule has 0 aromatic heterocycles. The Morgan fingerprint density at radius 2 is 2.04 bits per heavy atom. The van der Waals surface area contributed by atoms with E-state index in [9.17, 15) is 4.79 Å². The first-order valence-corrected chi connectivity index (χ1v) is 10.0. The highest BCUT2D eigenvalue weighted by molar-refractivity contribution is 8.26. The van der Waals surface area contributed by atoms with Crippen LogP contribution in [0.3, 0.4) is 0 Å². The Bertz CT molecular complexity index is 696. The summed E-state index contributed by atoms with van der Waals surface area (Å²) in [5, 5.41) is 0. The minimum absolute atomic E-state index is 0.0262. The SMILES string of the molecule is CCOc1cc(/C=C2\SC(=S)N(CC)C2=O)ccc1OC1CCCC1. The molecule has 3 rings (SSSR count). The van der Waals surface area contributed by atoms with Crippen LogP contribution in [0, 0.1) is 0 Å². The molecular formula is C19H23NO3S2. The summed E-state index contributed by atoms with van der Waals surface area (Å²) in [6.45, 7) is 5.05. The molecule has 1 aromatic rings. The first-order chi connectivity index (χ1) is 12.1. The number of carbonyl (C=O) groups is 1. The molecule has 0 atom stereocenters. The number of rotatable bonds is 6. The number of hydrogen-bond donors (Lipinski definition) is 0. The highest BCUT2D eigenvalue weighted by Gasteiger charge is 2.30. The molecule has 25 heavy (non-hydrogen) atoms. The van der Waals surface area contributed by atoms with Crippen LogP contribution in [0.25, 0.3) is 6.08 Å². The van der Waals surface area contributed by atoms with Crippen LogP contribution in [0.4, 0.5) is 0 Å². The van der Waals surface area contributed by atoms with Gasteiger partial charge < -0.3 is 9.47 Å². The minimum Gasteiger partial charge on any atom is -0.490 e. The van der Waals surface area contributed by atoms with Crippen LogP contribution in [-0.4, -0.2) is 34.4 Å². The van der Waals surface area contributed by atoms with Gasteiger partial charge in [-0.15, -0.1) is 0 Å². The number of ether oxygens (including phenoxy) is 2. The largest absolute Gasteiger partial charge is 0.490 e. The third-order valence-electron chi connectivity index (χ3n) is 4.35. The number of amides is 1. The van der Waals surface area contributed by atoms with E-state index >= 15 is 0 Å². The molecule has 0 spiro atoms. The van der Waals surface area contributed by atoms with E-state index in [1.807, 2.05) is 38.1 Å². The van der Waals surface area contributed by atoms with Crippen LogP contribution in [0.2, 0.25) is 0 Å². The van der Waals surface area contributed by atoms with E-state index in [0.717, 1.165) is 29.9 Å². The summed E-state index contributed by atoms with van der Waals surface area (Å²) < 4.78 is 12.5. The van der Waals surface area contributed by atoms with E-state index in [2.05, 4.69) is 0 Å². The van der Waals surface area contributed by atoms with Gasteiger partial charge in [0.05, 0.1) is 17.6 Å². The van der Waals surface area contributed by atoms with E-state index in [4.69, 9.17) is 21.7 Å². The molecule has 134 valence electrons. The third kappa shape index (κ3) is 4.18. The zero-order chi connectivity index (χ0) is 17.8. The Morgan fingerprint density at radius 1 is 1.28 bits per heavy atom. The summed E-state index contributed by atoms with van der Waals surface area (Å²) in [5.41, 5.74) is 0.916. The standard InChI is InChI=1S/C19H23NO3S2/c1-3-20-18(21)17(25-19(20)24)12-13-9-10-15(16(11-13)22-4-2)23-14-7-5-6-8-14/h9-12,14H,3-8H2,1-2H3/b17-12-. The topological polar surface area (TPSA) is 38.8 Å². The molecule has 1 aliphatic carbocycles. The number of likely N-dealkylation sites (N-methyl/N-ethyl adjacent to an activating group) is 1. The van der Waals surface area contributed by atoms with Gasteiger partial charge in [-0.05, 0) is 63.3 Å². The highest BCUT2D eigenvalue weighted by atomic mass is 32.2. The van der Waals surface area contributed by atoms with E-state index in [-0.39, 0.29) is 12.0 Å². The molecule has 0 radical (unpaired) electrons. The van der Waals surface area contributed by atoms with Gasteiger partial charge >= 0.3 is 0 Å². The zero-order valence-corrected chi connectivity index (χ0v) is 16.3. The Balaban J connectivity index is 1.82. The number of thioether (sulfide) groups is 1. The third-order valence-corrected chi connectivity index (χ3v) is 5.73. The van der Waals surface area contributed by atoms with Crippen molar-refractivity contribution in [3.63, 3.8) is 0 Å². The number of benzene rings is 1. The average molecular weight is 378 g/mol. The van der Waals surface area contributed by atoms with Crippen LogP contribution in [0.1, 0.15) is 45.1 Å². The van der Waals surface area contributed by atoms with Crippen LogP contribution >= 0.6 is 24.0 Å². The van der Waals surface area contributed by atoms with Crippen LogP contribution in [0.15, 0.2) is 23.1 Å². The Morgan fingerprint density at radius 3 is 2.68 bits per heavy atom. The molecule has 1 heterocycles. The molecule has 1 aromatic carbocycles. The molecular weight excluding hydrogens is 354 g/mol. The summed E-state index contributed by atoms with van der Waals surface area (Å²) in [6.07, 6.45) is 6.82. The second kappa shape index (κ2) is 8.23. The van der Waals surface area contributed by atoms with Crippen molar-refractivity contribution in [1.29, 1.82) is 0 Å². The van der Waals surface area contributed by atoms with Crippen molar-refractivity contribution >= 4 is 40.3 Å². The monoisotopic (exact) mass is 377 g/mol. The summed E-state index contributed by atoms with van der Waals surface area (Å²) in [5.74, 6) is 1.49. The van der Waals surface area contributed by atoms with Gasteiger partial charge in [0, 0.05) is 6.54 Å². The fourth-order valence-electron chi connectivity index (χ4n) is 3.09. The fourth-order valence-corrected chi connectivity index (χ4v) is 4.47. The predicted octanol–water partition coefficient (Wildman–Crippen LogP) is 4.63. The maximum atomic E-state index is 12.4. The lowest BCUT2D eigenvalue weighted by atomic mass is 10.1. The molecule has 1 aliphatic heterocycles. The van der Waals surface area contributed by atoms with Crippen LogP contribution in [-0.2, 0) is 4.79 Å². The van der Waals surface area contributed by atoms with Crippen molar-refractivity contribution < 1.29 is 14.3 Å². The van der Waals surface area contributed by atoms with Crippen molar-refractivity contribution in [1.82, 2.24) is 4.90 Å². The van der Waals surface area contributed by atoms with Crippen LogP contribution in [0.5, 0.6) is 11.5 Å². The molecule has 1 amide bonds. The van der Waals surface area contributed by atoms with Gasteiger partial charge in [-0.25, -0.2) is 0 Å². The Labute approximate surface area is 158 Å². The number of hydrogen-bond acceptors (Lipinski definition) is 5. The smallest absolute Gasteiger partial charge is 0.266 e. The quantitative estimate of drug-likeness (QED) is 0.534. The molecule has 0 bridgehead atoms. The van der Waals surface area contributed by atoms with E-state index in [1.54, 1.807) is 4.90 Å². The first kappa shape index (κ1) is 18.3. The lowest BCUT2D eigenvalue weighted by Crippen LogP contribution is -2.27. The summed E-state index contributed by atoms with van der Waals surface area (Å²) in [4.78, 5) is 14.6.